The summed E-state index contributed by atoms with van der Waals surface area (Å²) in [5.74, 6) is 0.0439. The number of aromatic nitrogens is 2. The van der Waals surface area contributed by atoms with Gasteiger partial charge in [-0.25, -0.2) is 4.79 Å². The van der Waals surface area contributed by atoms with Crippen molar-refractivity contribution in [2.45, 2.75) is 17.9 Å². The summed E-state index contributed by atoms with van der Waals surface area (Å²) in [7, 11) is 0. The number of imidazole rings is 1. The van der Waals surface area contributed by atoms with Crippen molar-refractivity contribution >= 4 is 32.7 Å². The first-order valence-electron chi connectivity index (χ1n) is 7.11. The van der Waals surface area contributed by atoms with Crippen LogP contribution in [0.5, 0.6) is 0 Å². The molecule has 3 aromatic rings. The molecule has 0 fully saturated rings. The molecule has 22 heavy (non-hydrogen) atoms. The maximum Gasteiger partial charge on any atom is 0.329 e. The fraction of sp³-hybridized carbons (Fsp3) is 0.176. The second-order valence-corrected chi connectivity index (χ2v) is 6.58. The van der Waals surface area contributed by atoms with E-state index in [1.54, 1.807) is 15.2 Å². The van der Waals surface area contributed by atoms with Gasteiger partial charge >= 0.3 is 5.69 Å². The van der Waals surface area contributed by atoms with Crippen LogP contribution in [-0.4, -0.2) is 19.7 Å². The number of carbonyl (C=O) groups excluding carboxylic acids is 1. The minimum Gasteiger partial charge on any atom is -0.293 e. The summed E-state index contributed by atoms with van der Waals surface area (Å²) >= 11 is 3.38. The molecule has 5 heteroatoms. The largest absolute Gasteiger partial charge is 0.329 e. The number of hydrogen-bond acceptors (Lipinski definition) is 2. The molecule has 0 amide bonds. The van der Waals surface area contributed by atoms with Gasteiger partial charge in [0.1, 0.15) is 0 Å². The maximum atomic E-state index is 12.8. The molecule has 2 heterocycles. The lowest BCUT2D eigenvalue weighted by atomic mass is 10.0. The van der Waals surface area contributed by atoms with Gasteiger partial charge in [-0.15, -0.1) is 0 Å². The predicted octanol–water partition coefficient (Wildman–Crippen LogP) is 2.81. The van der Waals surface area contributed by atoms with Crippen molar-refractivity contribution in [2.75, 3.05) is 0 Å². The number of rotatable bonds is 2. The van der Waals surface area contributed by atoms with Crippen molar-refractivity contribution in [3.05, 3.63) is 70.1 Å². The minimum absolute atomic E-state index is 0.0439. The number of halogens is 1. The fourth-order valence-corrected chi connectivity index (χ4v) is 3.61. The maximum absolute atomic E-state index is 12.8. The normalized spacial score (nSPS) is 17.1. The zero-order chi connectivity index (χ0) is 15.3. The van der Waals surface area contributed by atoms with Gasteiger partial charge in [0, 0.05) is 12.1 Å². The summed E-state index contributed by atoms with van der Waals surface area (Å²) < 4.78 is 3.45. The first-order chi connectivity index (χ1) is 10.7. The van der Waals surface area contributed by atoms with Gasteiger partial charge in [0.15, 0.2) is 5.78 Å². The van der Waals surface area contributed by atoms with Gasteiger partial charge in [0.05, 0.1) is 22.4 Å². The Balaban J connectivity index is 1.97. The Kier molecular flexibility index (Phi) is 3.04. The van der Waals surface area contributed by atoms with Crippen molar-refractivity contribution in [1.82, 2.24) is 9.13 Å². The van der Waals surface area contributed by atoms with Crippen LogP contribution in [0.15, 0.2) is 53.3 Å². The van der Waals surface area contributed by atoms with Crippen LogP contribution in [0.4, 0.5) is 0 Å². The van der Waals surface area contributed by atoms with Crippen LogP contribution in [0.2, 0.25) is 0 Å². The molecule has 1 aromatic heterocycles. The molecule has 0 radical (unpaired) electrons. The van der Waals surface area contributed by atoms with E-state index in [9.17, 15) is 9.59 Å². The molecule has 2 aromatic carbocycles. The number of hydrogen-bond donors (Lipinski definition) is 0. The number of benzene rings is 2. The van der Waals surface area contributed by atoms with E-state index in [0.717, 1.165) is 16.6 Å². The van der Waals surface area contributed by atoms with Crippen LogP contribution in [0, 0.1) is 0 Å². The smallest absolute Gasteiger partial charge is 0.293 e. The number of para-hydroxylation sites is 1. The fourth-order valence-electron chi connectivity index (χ4n) is 3.08. The van der Waals surface area contributed by atoms with Crippen LogP contribution < -0.4 is 5.69 Å². The predicted molar refractivity (Wildman–Crippen MR) is 88.8 cm³/mol. The molecule has 110 valence electrons. The molecular weight excluding hydrogens is 344 g/mol. The number of nitrogens with zero attached hydrogens (tertiary/aromatic N) is 2. The van der Waals surface area contributed by atoms with E-state index in [0.29, 0.717) is 18.7 Å². The van der Waals surface area contributed by atoms with E-state index in [-0.39, 0.29) is 16.3 Å². The molecule has 0 spiro atoms. The van der Waals surface area contributed by atoms with Crippen molar-refractivity contribution < 1.29 is 4.79 Å². The number of alkyl halides is 1. The third-order valence-electron chi connectivity index (χ3n) is 4.11. The van der Waals surface area contributed by atoms with Crippen LogP contribution in [-0.2, 0) is 13.1 Å². The minimum atomic E-state index is -0.337. The van der Waals surface area contributed by atoms with Crippen LogP contribution in [0.1, 0.15) is 15.9 Å². The summed E-state index contributed by atoms with van der Waals surface area (Å²) in [6.07, 6.45) is 0. The lowest BCUT2D eigenvalue weighted by Crippen LogP contribution is -2.33. The first-order valence-corrected chi connectivity index (χ1v) is 8.02. The van der Waals surface area contributed by atoms with Gasteiger partial charge in [0.2, 0.25) is 0 Å². The summed E-state index contributed by atoms with van der Waals surface area (Å²) in [5, 5.41) is 0. The second-order valence-electron chi connectivity index (χ2n) is 5.47. The molecule has 1 aliphatic rings. The Labute approximate surface area is 135 Å². The highest BCUT2D eigenvalue weighted by Crippen LogP contribution is 2.27. The Morgan fingerprint density at radius 3 is 2.59 bits per heavy atom. The molecule has 0 aliphatic carbocycles. The average Bonchev–Trinajstić information content (AvgIpc) is 2.80. The van der Waals surface area contributed by atoms with Gasteiger partial charge in [-0.05, 0) is 17.7 Å². The van der Waals surface area contributed by atoms with Crippen LogP contribution >= 0.6 is 15.9 Å². The Bertz CT molecular complexity index is 940. The highest BCUT2D eigenvalue weighted by Gasteiger charge is 2.30. The topological polar surface area (TPSA) is 44.0 Å². The zero-order valence-electron chi connectivity index (χ0n) is 11.7. The average molecular weight is 357 g/mol. The number of Topliss-reactive ketones (excluding diaryl/α,β-unsaturated/α-hetero) is 1. The van der Waals surface area contributed by atoms with Gasteiger partial charge in [0.25, 0.3) is 0 Å². The Morgan fingerprint density at radius 2 is 1.82 bits per heavy atom. The monoisotopic (exact) mass is 356 g/mol. The van der Waals surface area contributed by atoms with E-state index in [1.807, 2.05) is 42.5 Å². The van der Waals surface area contributed by atoms with Crippen molar-refractivity contribution in [1.29, 1.82) is 0 Å². The molecule has 0 N–H and O–H groups in total. The summed E-state index contributed by atoms with van der Waals surface area (Å²) in [6, 6.07) is 15.4. The number of carbonyl (C=O) groups is 1. The van der Waals surface area contributed by atoms with E-state index in [4.69, 9.17) is 0 Å². The highest BCUT2D eigenvalue weighted by molar-refractivity contribution is 9.10. The first kappa shape index (κ1) is 13.5. The van der Waals surface area contributed by atoms with Gasteiger partial charge < -0.3 is 0 Å². The van der Waals surface area contributed by atoms with E-state index < -0.39 is 0 Å². The van der Waals surface area contributed by atoms with Gasteiger partial charge in [-0.3, -0.25) is 13.9 Å². The molecule has 4 nitrogen and oxygen atoms in total. The molecule has 0 saturated heterocycles. The lowest BCUT2D eigenvalue weighted by molar-refractivity contribution is 0.0982. The van der Waals surface area contributed by atoms with Crippen molar-refractivity contribution in [3.8, 4) is 0 Å². The Morgan fingerprint density at radius 1 is 1.05 bits per heavy atom. The third-order valence-corrected chi connectivity index (χ3v) is 4.82. The van der Waals surface area contributed by atoms with E-state index >= 15 is 0 Å². The molecule has 4 rings (SSSR count). The van der Waals surface area contributed by atoms with Crippen LogP contribution in [0.25, 0.3) is 11.0 Å². The van der Waals surface area contributed by atoms with Crippen molar-refractivity contribution in [2.24, 2.45) is 0 Å². The lowest BCUT2D eigenvalue weighted by Gasteiger charge is -2.17. The quantitative estimate of drug-likeness (QED) is 0.662. The summed E-state index contributed by atoms with van der Waals surface area (Å²) in [4.78, 5) is 24.7. The highest BCUT2D eigenvalue weighted by atomic mass is 79.9. The molecular formula is C17H13BrN2O2. The van der Waals surface area contributed by atoms with Gasteiger partial charge in [-0.2, -0.15) is 0 Å². The number of ketones is 1. The standard InChI is InChI=1S/C17H13BrN2O2/c18-13-10-20-15-12(16(13)21)7-4-8-14(15)19(17(20)22)9-11-5-2-1-3-6-11/h1-8,13H,9-10H2. The molecule has 0 bridgehead atoms. The molecule has 1 atom stereocenters. The van der Waals surface area contributed by atoms with E-state index in [2.05, 4.69) is 15.9 Å². The molecule has 0 saturated carbocycles. The molecule has 1 aliphatic heterocycles. The third kappa shape index (κ3) is 1.89. The second kappa shape index (κ2) is 4.95. The SMILES string of the molecule is O=C1c2cccc3c2n(c(=O)n3Cc2ccccc2)CC1Br. The van der Waals surface area contributed by atoms with Crippen LogP contribution in [0.3, 0.4) is 0 Å². The van der Waals surface area contributed by atoms with E-state index in [1.165, 1.54) is 0 Å². The summed E-state index contributed by atoms with van der Waals surface area (Å²) in [6.45, 7) is 0.890. The molecule has 1 unspecified atom stereocenters. The zero-order valence-corrected chi connectivity index (χ0v) is 13.3. The summed E-state index contributed by atoms with van der Waals surface area (Å²) in [5.41, 5.74) is 3.19. The van der Waals surface area contributed by atoms with Crippen molar-refractivity contribution in [3.63, 3.8) is 0 Å². The Hall–Kier alpha value is -2.14. The van der Waals surface area contributed by atoms with Gasteiger partial charge in [-0.1, -0.05) is 52.3 Å².